The van der Waals surface area contributed by atoms with Gasteiger partial charge >= 0.3 is 0 Å². The first-order chi connectivity index (χ1) is 12.8. The van der Waals surface area contributed by atoms with Gasteiger partial charge in [-0.3, -0.25) is 9.79 Å². The van der Waals surface area contributed by atoms with Crippen LogP contribution in [0.1, 0.15) is 51.1 Å². The Morgan fingerprint density at radius 3 is 2.48 bits per heavy atom. The SMILES string of the molecule is CCNC(=NCC1(C(=O)N(C)C)CCCC1)NC(C)c1ccc(F)c(F)c1. The zero-order valence-electron chi connectivity index (χ0n) is 16.6. The molecule has 0 spiro atoms. The van der Waals surface area contributed by atoms with Crippen LogP contribution < -0.4 is 10.6 Å². The van der Waals surface area contributed by atoms with E-state index in [1.54, 1.807) is 25.1 Å². The highest BCUT2D eigenvalue weighted by Crippen LogP contribution is 2.39. The topological polar surface area (TPSA) is 56.7 Å². The van der Waals surface area contributed by atoms with Crippen LogP contribution in [0.2, 0.25) is 0 Å². The van der Waals surface area contributed by atoms with Gasteiger partial charge in [0.05, 0.1) is 18.0 Å². The van der Waals surface area contributed by atoms with Crippen molar-refractivity contribution in [3.05, 3.63) is 35.4 Å². The number of amides is 1. The second-order valence-corrected chi connectivity index (χ2v) is 7.42. The van der Waals surface area contributed by atoms with Crippen LogP contribution in [0, 0.1) is 17.0 Å². The molecule has 2 rings (SSSR count). The van der Waals surface area contributed by atoms with Crippen molar-refractivity contribution >= 4 is 11.9 Å². The highest BCUT2D eigenvalue weighted by molar-refractivity contribution is 5.84. The molecule has 1 saturated carbocycles. The molecule has 2 N–H and O–H groups in total. The monoisotopic (exact) mass is 380 g/mol. The number of nitrogens with one attached hydrogen (secondary N) is 2. The number of hydrogen-bond donors (Lipinski definition) is 2. The van der Waals surface area contributed by atoms with Gasteiger partial charge in [0.1, 0.15) is 0 Å². The van der Waals surface area contributed by atoms with Gasteiger partial charge in [-0.25, -0.2) is 8.78 Å². The van der Waals surface area contributed by atoms with E-state index in [4.69, 9.17) is 0 Å². The van der Waals surface area contributed by atoms with Gasteiger partial charge in [0.15, 0.2) is 17.6 Å². The number of guanidine groups is 1. The number of hydrogen-bond acceptors (Lipinski definition) is 2. The second-order valence-electron chi connectivity index (χ2n) is 7.42. The van der Waals surface area contributed by atoms with E-state index >= 15 is 0 Å². The van der Waals surface area contributed by atoms with Crippen molar-refractivity contribution in [2.45, 2.75) is 45.6 Å². The Kier molecular flexibility index (Phi) is 7.16. The molecule has 7 heteroatoms. The van der Waals surface area contributed by atoms with Gasteiger partial charge < -0.3 is 15.5 Å². The third kappa shape index (κ3) is 5.17. The van der Waals surface area contributed by atoms with Crippen molar-refractivity contribution in [1.29, 1.82) is 0 Å². The van der Waals surface area contributed by atoms with Crippen molar-refractivity contribution in [2.24, 2.45) is 10.4 Å². The van der Waals surface area contributed by atoms with Gasteiger partial charge in [-0.15, -0.1) is 0 Å². The molecule has 1 amide bonds. The van der Waals surface area contributed by atoms with Crippen molar-refractivity contribution in [3.63, 3.8) is 0 Å². The molecule has 1 aromatic carbocycles. The molecule has 1 aromatic rings. The molecule has 150 valence electrons. The van der Waals surface area contributed by atoms with Crippen LogP contribution in [0.4, 0.5) is 8.78 Å². The lowest BCUT2D eigenvalue weighted by Gasteiger charge is -2.29. The van der Waals surface area contributed by atoms with E-state index in [2.05, 4.69) is 15.6 Å². The van der Waals surface area contributed by atoms with Crippen LogP contribution in [-0.2, 0) is 4.79 Å². The van der Waals surface area contributed by atoms with Crippen molar-refractivity contribution < 1.29 is 13.6 Å². The van der Waals surface area contributed by atoms with E-state index in [1.807, 2.05) is 13.8 Å². The smallest absolute Gasteiger partial charge is 0.230 e. The van der Waals surface area contributed by atoms with Crippen LogP contribution in [0.15, 0.2) is 23.2 Å². The summed E-state index contributed by atoms with van der Waals surface area (Å²) < 4.78 is 26.7. The first-order valence-electron chi connectivity index (χ1n) is 9.50. The maximum atomic E-state index is 13.5. The van der Waals surface area contributed by atoms with Gasteiger partial charge in [0.25, 0.3) is 0 Å². The molecule has 0 saturated heterocycles. The molecule has 0 aromatic heterocycles. The predicted molar refractivity (Wildman–Crippen MR) is 103 cm³/mol. The standard InChI is InChI=1S/C20H30F2N4O/c1-5-23-19(25-14(2)15-8-9-16(21)17(22)12-15)24-13-20(10-6-7-11-20)18(27)26(3)4/h8-9,12,14H,5-7,10-11,13H2,1-4H3,(H2,23,24,25). The van der Waals surface area contributed by atoms with Gasteiger partial charge in [-0.1, -0.05) is 18.9 Å². The Balaban J connectivity index is 2.15. The Morgan fingerprint density at radius 2 is 1.93 bits per heavy atom. The average molecular weight is 380 g/mol. The van der Waals surface area contributed by atoms with Crippen LogP contribution in [-0.4, -0.2) is 44.0 Å². The fraction of sp³-hybridized carbons (Fsp3) is 0.600. The third-order valence-electron chi connectivity index (χ3n) is 5.10. The zero-order valence-corrected chi connectivity index (χ0v) is 16.6. The van der Waals surface area contributed by atoms with Crippen molar-refractivity contribution in [1.82, 2.24) is 15.5 Å². The minimum absolute atomic E-state index is 0.119. The van der Waals surface area contributed by atoms with Crippen molar-refractivity contribution in [3.8, 4) is 0 Å². The van der Waals surface area contributed by atoms with E-state index in [-0.39, 0.29) is 11.9 Å². The maximum absolute atomic E-state index is 13.5. The van der Waals surface area contributed by atoms with Crippen LogP contribution >= 0.6 is 0 Å². The summed E-state index contributed by atoms with van der Waals surface area (Å²) in [7, 11) is 3.56. The normalized spacial score (nSPS) is 17.5. The predicted octanol–water partition coefficient (Wildman–Crippen LogP) is 3.23. The van der Waals surface area contributed by atoms with E-state index in [0.717, 1.165) is 31.7 Å². The Morgan fingerprint density at radius 1 is 1.26 bits per heavy atom. The molecule has 27 heavy (non-hydrogen) atoms. The summed E-state index contributed by atoms with van der Waals surface area (Å²) in [4.78, 5) is 19.0. The van der Waals surface area contributed by atoms with Crippen LogP contribution in [0.5, 0.6) is 0 Å². The summed E-state index contributed by atoms with van der Waals surface area (Å²) >= 11 is 0. The third-order valence-corrected chi connectivity index (χ3v) is 5.10. The van der Waals surface area contributed by atoms with E-state index in [0.29, 0.717) is 24.6 Å². The Bertz CT molecular complexity index is 685. The Hall–Kier alpha value is -2.18. The number of halogens is 2. The molecule has 0 aliphatic heterocycles. The molecule has 1 aliphatic rings. The van der Waals surface area contributed by atoms with Crippen LogP contribution in [0.25, 0.3) is 0 Å². The fourth-order valence-electron chi connectivity index (χ4n) is 3.59. The molecule has 0 radical (unpaired) electrons. The van der Waals surface area contributed by atoms with E-state index in [9.17, 15) is 13.6 Å². The number of aliphatic imine (C=N–C) groups is 1. The second kappa shape index (κ2) is 9.15. The van der Waals surface area contributed by atoms with E-state index < -0.39 is 17.0 Å². The maximum Gasteiger partial charge on any atom is 0.230 e. The minimum atomic E-state index is -0.871. The average Bonchev–Trinajstić information content (AvgIpc) is 3.11. The summed E-state index contributed by atoms with van der Waals surface area (Å²) in [5, 5.41) is 6.38. The zero-order chi connectivity index (χ0) is 20.0. The molecule has 1 unspecified atom stereocenters. The molecule has 1 atom stereocenters. The van der Waals surface area contributed by atoms with Gasteiger partial charge in [-0.2, -0.15) is 0 Å². The highest BCUT2D eigenvalue weighted by Gasteiger charge is 2.42. The summed E-state index contributed by atoms with van der Waals surface area (Å²) in [5.74, 6) is -1.05. The lowest BCUT2D eigenvalue weighted by molar-refractivity contribution is -0.138. The highest BCUT2D eigenvalue weighted by atomic mass is 19.2. The van der Waals surface area contributed by atoms with Crippen LogP contribution in [0.3, 0.4) is 0 Å². The van der Waals surface area contributed by atoms with Gasteiger partial charge in [0.2, 0.25) is 5.91 Å². The minimum Gasteiger partial charge on any atom is -0.357 e. The van der Waals surface area contributed by atoms with Gasteiger partial charge in [0, 0.05) is 20.6 Å². The first-order valence-corrected chi connectivity index (χ1v) is 9.50. The molecule has 0 heterocycles. The van der Waals surface area contributed by atoms with E-state index in [1.165, 1.54) is 6.07 Å². The lowest BCUT2D eigenvalue weighted by Crippen LogP contribution is -2.43. The lowest BCUT2D eigenvalue weighted by atomic mass is 9.85. The molecule has 1 fully saturated rings. The Labute approximate surface area is 160 Å². The molecule has 5 nitrogen and oxygen atoms in total. The fourth-order valence-corrected chi connectivity index (χ4v) is 3.59. The molecule has 0 bridgehead atoms. The van der Waals surface area contributed by atoms with Gasteiger partial charge in [-0.05, 0) is 44.4 Å². The van der Waals surface area contributed by atoms with Crippen molar-refractivity contribution in [2.75, 3.05) is 27.2 Å². The number of rotatable bonds is 6. The summed E-state index contributed by atoms with van der Waals surface area (Å²) in [5.41, 5.74) is 0.177. The summed E-state index contributed by atoms with van der Waals surface area (Å²) in [6.07, 6.45) is 3.74. The summed E-state index contributed by atoms with van der Waals surface area (Å²) in [6, 6.07) is 3.59. The summed E-state index contributed by atoms with van der Waals surface area (Å²) in [6.45, 7) is 4.88. The number of carbonyl (C=O) groups excluding carboxylic acids is 1. The number of carbonyl (C=O) groups is 1. The number of nitrogens with zero attached hydrogens (tertiary/aromatic N) is 2. The quantitative estimate of drug-likeness (QED) is 0.588. The largest absolute Gasteiger partial charge is 0.357 e. The first kappa shape index (κ1) is 21.1. The number of benzene rings is 1. The molecular weight excluding hydrogens is 350 g/mol. The molecular formula is C20H30F2N4O. The molecule has 1 aliphatic carbocycles.